The zero-order valence-corrected chi connectivity index (χ0v) is 15.4. The van der Waals surface area contributed by atoms with Gasteiger partial charge in [0.1, 0.15) is 17.3 Å². The molecule has 1 aliphatic rings. The molecule has 2 heterocycles. The molecule has 1 aliphatic carbocycles. The Morgan fingerprint density at radius 1 is 1.26 bits per heavy atom. The van der Waals surface area contributed by atoms with E-state index in [1.54, 1.807) is 28.8 Å². The maximum Gasteiger partial charge on any atom is 0.274 e. The molecular formula is C20H21FN4O2. The van der Waals surface area contributed by atoms with Gasteiger partial charge < -0.3 is 9.42 Å². The van der Waals surface area contributed by atoms with Crippen LogP contribution in [0.5, 0.6) is 0 Å². The van der Waals surface area contributed by atoms with Crippen LogP contribution in [0.4, 0.5) is 4.39 Å². The normalized spacial score (nSPS) is 13.4. The lowest BCUT2D eigenvalue weighted by Crippen LogP contribution is -2.28. The molecule has 0 N–H and O–H groups in total. The fourth-order valence-corrected chi connectivity index (χ4v) is 3.55. The molecule has 0 saturated carbocycles. The third kappa shape index (κ3) is 3.37. The first kappa shape index (κ1) is 17.5. The number of aryl methyl sites for hydroxylation is 1. The predicted octanol–water partition coefficient (Wildman–Crippen LogP) is 3.46. The Balaban J connectivity index is 1.67. The van der Waals surface area contributed by atoms with E-state index in [-0.39, 0.29) is 11.7 Å². The van der Waals surface area contributed by atoms with Gasteiger partial charge in [0.25, 0.3) is 5.91 Å². The highest BCUT2D eigenvalue weighted by atomic mass is 19.1. The van der Waals surface area contributed by atoms with Crippen molar-refractivity contribution in [1.82, 2.24) is 19.8 Å². The number of amides is 1. The zero-order valence-electron chi connectivity index (χ0n) is 15.4. The van der Waals surface area contributed by atoms with Gasteiger partial charge in [-0.25, -0.2) is 9.07 Å². The number of nitrogens with zero attached hydrogens (tertiary/aromatic N) is 4. The van der Waals surface area contributed by atoms with Crippen molar-refractivity contribution in [1.29, 1.82) is 0 Å². The molecule has 7 heteroatoms. The van der Waals surface area contributed by atoms with E-state index in [1.807, 2.05) is 13.0 Å². The Hall–Kier alpha value is -2.96. The maximum absolute atomic E-state index is 13.3. The smallest absolute Gasteiger partial charge is 0.274 e. The molecule has 27 heavy (non-hydrogen) atoms. The summed E-state index contributed by atoms with van der Waals surface area (Å²) in [6.07, 6.45) is 3.78. The lowest BCUT2D eigenvalue weighted by molar-refractivity contribution is 0.0774. The molecule has 140 valence electrons. The van der Waals surface area contributed by atoms with E-state index in [0.717, 1.165) is 42.6 Å². The molecule has 0 saturated heterocycles. The Morgan fingerprint density at radius 2 is 2.00 bits per heavy atom. The van der Waals surface area contributed by atoms with Crippen molar-refractivity contribution >= 4 is 5.91 Å². The van der Waals surface area contributed by atoms with Gasteiger partial charge in [0.05, 0.1) is 12.2 Å². The molecule has 6 nitrogen and oxygen atoms in total. The van der Waals surface area contributed by atoms with Gasteiger partial charge in [-0.15, -0.1) is 0 Å². The number of carbonyl (C=O) groups is 1. The third-order valence-corrected chi connectivity index (χ3v) is 4.88. The van der Waals surface area contributed by atoms with Crippen LogP contribution in [0.25, 0.3) is 5.69 Å². The molecule has 0 radical (unpaired) electrons. The molecular weight excluding hydrogens is 347 g/mol. The Bertz CT molecular complexity index is 975. The topological polar surface area (TPSA) is 64.2 Å². The summed E-state index contributed by atoms with van der Waals surface area (Å²) in [6, 6.07) is 8.01. The molecule has 4 rings (SSSR count). The minimum Gasteiger partial charge on any atom is -0.361 e. The van der Waals surface area contributed by atoms with Gasteiger partial charge in [0.2, 0.25) is 0 Å². The summed E-state index contributed by atoms with van der Waals surface area (Å²) in [5.74, 6) is 0.275. The molecule has 1 amide bonds. The van der Waals surface area contributed by atoms with E-state index in [2.05, 4.69) is 10.3 Å². The van der Waals surface area contributed by atoms with Crippen LogP contribution in [-0.2, 0) is 19.4 Å². The monoisotopic (exact) mass is 368 g/mol. The summed E-state index contributed by atoms with van der Waals surface area (Å²) in [7, 11) is 1.73. The number of aromatic nitrogens is 3. The van der Waals surface area contributed by atoms with Crippen LogP contribution in [0.1, 0.15) is 46.0 Å². The summed E-state index contributed by atoms with van der Waals surface area (Å²) in [6.45, 7) is 2.17. The number of hydrogen-bond acceptors (Lipinski definition) is 4. The number of carbonyl (C=O) groups excluding carboxylic acids is 1. The second-order valence-electron chi connectivity index (χ2n) is 6.96. The van der Waals surface area contributed by atoms with Crippen molar-refractivity contribution in [2.45, 2.75) is 39.2 Å². The largest absolute Gasteiger partial charge is 0.361 e. The highest BCUT2D eigenvalue weighted by molar-refractivity contribution is 5.94. The Morgan fingerprint density at radius 3 is 2.70 bits per heavy atom. The molecule has 0 spiro atoms. The van der Waals surface area contributed by atoms with Gasteiger partial charge in [-0.2, -0.15) is 5.10 Å². The van der Waals surface area contributed by atoms with Crippen molar-refractivity contribution in [3.8, 4) is 5.69 Å². The first-order valence-corrected chi connectivity index (χ1v) is 9.07. The average Bonchev–Trinajstić information content (AvgIpc) is 3.25. The van der Waals surface area contributed by atoms with Crippen LogP contribution in [0, 0.1) is 12.7 Å². The van der Waals surface area contributed by atoms with E-state index < -0.39 is 0 Å². The van der Waals surface area contributed by atoms with E-state index in [1.165, 1.54) is 12.1 Å². The molecule has 3 aromatic rings. The molecule has 0 atom stereocenters. The number of benzene rings is 1. The standard InChI is InChI=1S/C20H21FN4O2/c1-13-11-15(23-27-13)12-24(2)20(26)19-17-5-3-4-6-18(17)25(22-19)16-9-7-14(21)8-10-16/h7-11H,3-6,12H2,1-2H3. The van der Waals surface area contributed by atoms with Gasteiger partial charge in [0, 0.05) is 24.4 Å². The predicted molar refractivity (Wildman–Crippen MR) is 97.2 cm³/mol. The van der Waals surface area contributed by atoms with Crippen molar-refractivity contribution in [3.63, 3.8) is 0 Å². The average molecular weight is 368 g/mol. The van der Waals surface area contributed by atoms with Gasteiger partial charge in [-0.05, 0) is 56.9 Å². The first-order chi connectivity index (χ1) is 13.0. The second-order valence-corrected chi connectivity index (χ2v) is 6.96. The fraction of sp³-hybridized carbons (Fsp3) is 0.350. The summed E-state index contributed by atoms with van der Waals surface area (Å²) in [5, 5.41) is 8.57. The van der Waals surface area contributed by atoms with E-state index in [4.69, 9.17) is 4.52 Å². The van der Waals surface area contributed by atoms with Crippen LogP contribution in [0.2, 0.25) is 0 Å². The summed E-state index contributed by atoms with van der Waals surface area (Å²) in [5.41, 5.74) is 3.98. The number of rotatable bonds is 4. The summed E-state index contributed by atoms with van der Waals surface area (Å²) >= 11 is 0. The zero-order chi connectivity index (χ0) is 19.0. The van der Waals surface area contributed by atoms with Crippen LogP contribution >= 0.6 is 0 Å². The second kappa shape index (κ2) is 6.98. The molecule has 0 bridgehead atoms. The van der Waals surface area contributed by atoms with Gasteiger partial charge in [-0.1, -0.05) is 5.16 Å². The lowest BCUT2D eigenvalue weighted by Gasteiger charge is -2.16. The molecule has 2 aromatic heterocycles. The van der Waals surface area contributed by atoms with Gasteiger partial charge in [-0.3, -0.25) is 4.79 Å². The summed E-state index contributed by atoms with van der Waals surface area (Å²) < 4.78 is 20.1. The SMILES string of the molecule is Cc1cc(CN(C)C(=O)c2nn(-c3ccc(F)cc3)c3c2CCCC3)no1. The van der Waals surface area contributed by atoms with Crippen molar-refractivity contribution in [2.75, 3.05) is 7.05 Å². The molecule has 0 fully saturated rings. The Kier molecular flexibility index (Phi) is 4.51. The highest BCUT2D eigenvalue weighted by Gasteiger charge is 2.27. The molecule has 0 aliphatic heterocycles. The third-order valence-electron chi connectivity index (χ3n) is 4.88. The number of fused-ring (bicyclic) bond motifs is 1. The summed E-state index contributed by atoms with van der Waals surface area (Å²) in [4.78, 5) is 14.7. The van der Waals surface area contributed by atoms with Crippen LogP contribution in [-0.4, -0.2) is 32.8 Å². The Labute approximate surface area is 156 Å². The lowest BCUT2D eigenvalue weighted by atomic mass is 9.95. The highest BCUT2D eigenvalue weighted by Crippen LogP contribution is 2.28. The first-order valence-electron chi connectivity index (χ1n) is 9.07. The van der Waals surface area contributed by atoms with E-state index >= 15 is 0 Å². The fourth-order valence-electron chi connectivity index (χ4n) is 3.55. The minimum absolute atomic E-state index is 0.144. The quantitative estimate of drug-likeness (QED) is 0.707. The molecule has 0 unspecified atom stereocenters. The van der Waals surface area contributed by atoms with Crippen molar-refractivity contribution in [2.24, 2.45) is 0 Å². The van der Waals surface area contributed by atoms with Crippen molar-refractivity contribution in [3.05, 3.63) is 64.6 Å². The van der Waals surface area contributed by atoms with Gasteiger partial charge in [0.15, 0.2) is 5.69 Å². The van der Waals surface area contributed by atoms with Crippen molar-refractivity contribution < 1.29 is 13.7 Å². The van der Waals surface area contributed by atoms with Crippen LogP contribution in [0.15, 0.2) is 34.9 Å². The minimum atomic E-state index is -0.293. The van der Waals surface area contributed by atoms with Gasteiger partial charge >= 0.3 is 0 Å². The number of halogens is 1. The van der Waals surface area contributed by atoms with Crippen LogP contribution < -0.4 is 0 Å². The maximum atomic E-state index is 13.3. The number of hydrogen-bond donors (Lipinski definition) is 0. The van der Waals surface area contributed by atoms with E-state index in [0.29, 0.717) is 23.7 Å². The van der Waals surface area contributed by atoms with Crippen LogP contribution in [0.3, 0.4) is 0 Å². The molecule has 1 aromatic carbocycles. The van der Waals surface area contributed by atoms with E-state index in [9.17, 15) is 9.18 Å².